The number of aliphatic hydroxyl groups excluding tert-OH is 7. The molecule has 0 aromatic carbocycles. The molecule has 3 saturated heterocycles. The molecule has 15 nitrogen and oxygen atoms in total. The van der Waals surface area contributed by atoms with Crippen molar-refractivity contribution < 1.29 is 74.1 Å². The second-order valence-electron chi connectivity index (χ2n) is 8.49. The first-order valence-corrected chi connectivity index (χ1v) is 10.7. The molecule has 3 heterocycles. The molecule has 0 aromatic rings. The molecule has 3 fully saturated rings. The third kappa shape index (κ3) is 5.52. The van der Waals surface area contributed by atoms with Crippen molar-refractivity contribution >= 4 is 5.97 Å². The number of carboxylic acid groups (broad SMARTS) is 1. The quantitative estimate of drug-likeness (QED) is 0.163. The van der Waals surface area contributed by atoms with E-state index in [0.717, 1.165) is 0 Å². The van der Waals surface area contributed by atoms with E-state index in [1.165, 1.54) is 7.11 Å². The Balaban J connectivity index is 1.65. The van der Waals surface area contributed by atoms with Crippen LogP contribution in [0.3, 0.4) is 0 Å². The second-order valence-corrected chi connectivity index (χ2v) is 8.49. The van der Waals surface area contributed by atoms with Gasteiger partial charge < -0.3 is 69.3 Å². The SMILES string of the molecule is COC1C(O)C(C)OC[C@H]1OC1OC(COC2OC(C(=O)O)C(O)C(O)C2O)C(O)C(O)C1O. The Hall–Kier alpha value is -1.05. The number of aliphatic hydroxyl groups is 7. The predicted octanol–water partition coefficient (Wildman–Crippen LogP) is -5.12. The van der Waals surface area contributed by atoms with Gasteiger partial charge in [0, 0.05) is 7.11 Å². The molecule has 3 aliphatic heterocycles. The van der Waals surface area contributed by atoms with Gasteiger partial charge in [-0.15, -0.1) is 0 Å². The van der Waals surface area contributed by atoms with Gasteiger partial charge in [0.2, 0.25) is 0 Å². The summed E-state index contributed by atoms with van der Waals surface area (Å²) in [4.78, 5) is 11.2. The Morgan fingerprint density at radius 2 is 1.47 bits per heavy atom. The van der Waals surface area contributed by atoms with Crippen LogP contribution in [-0.2, 0) is 33.2 Å². The molecule has 8 N–H and O–H groups in total. The van der Waals surface area contributed by atoms with Gasteiger partial charge in [-0.3, -0.25) is 0 Å². The van der Waals surface area contributed by atoms with Gasteiger partial charge in [-0.05, 0) is 6.92 Å². The summed E-state index contributed by atoms with van der Waals surface area (Å²) in [7, 11) is 1.35. The third-order valence-corrected chi connectivity index (χ3v) is 6.19. The fourth-order valence-corrected chi connectivity index (χ4v) is 4.05. The number of carboxylic acids is 1. The second kappa shape index (κ2) is 11.3. The van der Waals surface area contributed by atoms with Crippen molar-refractivity contribution in [1.82, 2.24) is 0 Å². The average molecular weight is 500 g/mol. The molecule has 13 unspecified atom stereocenters. The smallest absolute Gasteiger partial charge is 0.335 e. The zero-order valence-electron chi connectivity index (χ0n) is 18.4. The lowest BCUT2D eigenvalue weighted by Gasteiger charge is -2.45. The minimum absolute atomic E-state index is 0.0258. The summed E-state index contributed by atoms with van der Waals surface area (Å²) in [5.41, 5.74) is 0. The molecule has 0 aromatic heterocycles. The maximum Gasteiger partial charge on any atom is 0.335 e. The van der Waals surface area contributed by atoms with Gasteiger partial charge >= 0.3 is 5.97 Å². The highest BCUT2D eigenvalue weighted by molar-refractivity contribution is 5.73. The van der Waals surface area contributed by atoms with Crippen molar-refractivity contribution in [3.05, 3.63) is 0 Å². The topological polar surface area (TPSA) is 234 Å². The molecule has 34 heavy (non-hydrogen) atoms. The highest BCUT2D eigenvalue weighted by atomic mass is 16.7. The summed E-state index contributed by atoms with van der Waals surface area (Å²) in [5.74, 6) is -1.60. The van der Waals surface area contributed by atoms with E-state index in [9.17, 15) is 40.5 Å². The molecular weight excluding hydrogens is 468 g/mol. The van der Waals surface area contributed by atoms with Gasteiger partial charge in [0.15, 0.2) is 18.7 Å². The zero-order chi connectivity index (χ0) is 25.3. The van der Waals surface area contributed by atoms with Crippen LogP contribution in [0.25, 0.3) is 0 Å². The Morgan fingerprint density at radius 3 is 2.09 bits per heavy atom. The molecule has 0 saturated carbocycles. The minimum Gasteiger partial charge on any atom is -0.479 e. The van der Waals surface area contributed by atoms with Crippen molar-refractivity contribution in [2.75, 3.05) is 20.3 Å². The van der Waals surface area contributed by atoms with E-state index >= 15 is 0 Å². The average Bonchev–Trinajstić information content (AvgIpc) is 2.80. The Morgan fingerprint density at radius 1 is 0.853 bits per heavy atom. The number of ether oxygens (including phenoxy) is 6. The number of hydrogen-bond acceptors (Lipinski definition) is 14. The van der Waals surface area contributed by atoms with E-state index in [0.29, 0.717) is 0 Å². The molecule has 15 heteroatoms. The molecule has 0 spiro atoms. The lowest BCUT2D eigenvalue weighted by atomic mass is 9.97. The molecule has 14 atom stereocenters. The summed E-state index contributed by atoms with van der Waals surface area (Å²) in [5, 5.41) is 79.9. The molecule has 3 aliphatic rings. The molecule has 0 radical (unpaired) electrons. The highest BCUT2D eigenvalue weighted by Crippen LogP contribution is 2.29. The van der Waals surface area contributed by atoms with Crippen molar-refractivity contribution in [3.63, 3.8) is 0 Å². The number of carbonyl (C=O) groups is 1. The first-order chi connectivity index (χ1) is 16.0. The summed E-state index contributed by atoms with van der Waals surface area (Å²) in [6.07, 6.45) is -20.6. The molecule has 0 amide bonds. The fourth-order valence-electron chi connectivity index (χ4n) is 4.05. The number of aliphatic carboxylic acids is 1. The van der Waals surface area contributed by atoms with Crippen molar-refractivity contribution in [2.24, 2.45) is 0 Å². The van der Waals surface area contributed by atoms with Crippen LogP contribution < -0.4 is 0 Å². The molecule has 0 aliphatic carbocycles. The maximum atomic E-state index is 11.2. The molecule has 0 bridgehead atoms. The Labute approximate surface area is 193 Å². The molecular formula is C19H32O15. The van der Waals surface area contributed by atoms with Crippen LogP contribution in [-0.4, -0.2) is 153 Å². The summed E-state index contributed by atoms with van der Waals surface area (Å²) < 4.78 is 32.1. The normalized spacial score (nSPS) is 50.1. The van der Waals surface area contributed by atoms with Crippen molar-refractivity contribution in [1.29, 1.82) is 0 Å². The van der Waals surface area contributed by atoms with Gasteiger partial charge in [0.05, 0.1) is 19.3 Å². The van der Waals surface area contributed by atoms with Crippen LogP contribution in [0.15, 0.2) is 0 Å². The highest BCUT2D eigenvalue weighted by Gasteiger charge is 2.50. The minimum atomic E-state index is -1.91. The van der Waals surface area contributed by atoms with E-state index in [1.54, 1.807) is 6.92 Å². The van der Waals surface area contributed by atoms with Crippen LogP contribution in [0.1, 0.15) is 6.92 Å². The summed E-state index contributed by atoms with van der Waals surface area (Å²) in [6, 6.07) is 0. The van der Waals surface area contributed by atoms with E-state index in [-0.39, 0.29) is 6.61 Å². The zero-order valence-corrected chi connectivity index (χ0v) is 18.4. The summed E-state index contributed by atoms with van der Waals surface area (Å²) in [6.45, 7) is 1.01. The van der Waals surface area contributed by atoms with Gasteiger partial charge in [-0.25, -0.2) is 4.79 Å². The van der Waals surface area contributed by atoms with Crippen LogP contribution in [0.5, 0.6) is 0 Å². The molecule has 3 rings (SSSR count). The number of rotatable bonds is 7. The monoisotopic (exact) mass is 500 g/mol. The van der Waals surface area contributed by atoms with E-state index in [1.807, 2.05) is 0 Å². The number of hydrogen-bond donors (Lipinski definition) is 8. The summed E-state index contributed by atoms with van der Waals surface area (Å²) >= 11 is 0. The largest absolute Gasteiger partial charge is 0.479 e. The molecule has 198 valence electrons. The maximum absolute atomic E-state index is 11.2. The van der Waals surface area contributed by atoms with Gasteiger partial charge in [0.25, 0.3) is 0 Å². The third-order valence-electron chi connectivity index (χ3n) is 6.19. The lowest BCUT2D eigenvalue weighted by Crippen LogP contribution is -2.63. The van der Waals surface area contributed by atoms with Gasteiger partial charge in [-0.2, -0.15) is 0 Å². The number of methoxy groups -OCH3 is 1. The van der Waals surface area contributed by atoms with Crippen LogP contribution in [0, 0.1) is 0 Å². The van der Waals surface area contributed by atoms with E-state index < -0.39 is 98.4 Å². The predicted molar refractivity (Wildman–Crippen MR) is 104 cm³/mol. The standard InChI is InChI=1S/C19H32O15/c1-5-8(20)15(29-2)7(4-30-5)33-19-14(26)10(22)9(21)6(32-19)3-31-18-13(25)11(23)12(24)16(34-18)17(27)28/h5-16,18-26H,3-4H2,1-2H3,(H,27,28)/t5?,6?,7-,8?,9?,10?,11?,12?,13?,14?,15?,16?,18?,19?/m1/s1. The first-order valence-electron chi connectivity index (χ1n) is 10.7. The van der Waals surface area contributed by atoms with Crippen LogP contribution in [0.4, 0.5) is 0 Å². The first kappa shape index (κ1) is 27.5. The van der Waals surface area contributed by atoms with E-state index in [4.69, 9.17) is 33.5 Å². The Bertz CT molecular complexity index is 680. The lowest BCUT2D eigenvalue weighted by molar-refractivity contribution is -0.344. The van der Waals surface area contributed by atoms with Crippen molar-refractivity contribution in [3.8, 4) is 0 Å². The van der Waals surface area contributed by atoms with Crippen LogP contribution >= 0.6 is 0 Å². The van der Waals surface area contributed by atoms with E-state index in [2.05, 4.69) is 0 Å². The van der Waals surface area contributed by atoms with Gasteiger partial charge in [0.1, 0.15) is 61.0 Å². The van der Waals surface area contributed by atoms with Crippen molar-refractivity contribution in [2.45, 2.75) is 92.8 Å². The van der Waals surface area contributed by atoms with Crippen LogP contribution in [0.2, 0.25) is 0 Å². The van der Waals surface area contributed by atoms with Gasteiger partial charge in [-0.1, -0.05) is 0 Å². The fraction of sp³-hybridized carbons (Fsp3) is 0.947. The Kier molecular flexibility index (Phi) is 9.18.